The molecule has 0 unspecified atom stereocenters. The molecule has 1 aromatic rings. The molecule has 0 N–H and O–H groups in total. The molecule has 0 aliphatic heterocycles. The molecule has 0 saturated carbocycles. The molecule has 1 aliphatic carbocycles. The molecule has 118 valence electrons. The van der Waals surface area contributed by atoms with Crippen molar-refractivity contribution in [1.29, 1.82) is 0 Å². The Labute approximate surface area is 143 Å². The zero-order chi connectivity index (χ0) is 16.8. The molecule has 22 heavy (non-hydrogen) atoms. The zero-order valence-corrected chi connectivity index (χ0v) is 14.8. The van der Waals surface area contributed by atoms with Crippen LogP contribution in [0, 0.1) is 0 Å². The number of sulfonamides is 1. The largest absolute Gasteiger partial charge is 0.291 e. The highest BCUT2D eigenvalue weighted by molar-refractivity contribution is 7.90. The third-order valence-corrected chi connectivity index (χ3v) is 6.33. The number of Topliss-reactive ketones (excluding diaryl/α,β-unsaturated/α-hetero) is 1. The van der Waals surface area contributed by atoms with Crippen LogP contribution in [-0.4, -0.2) is 29.7 Å². The van der Waals surface area contributed by atoms with Gasteiger partial charge < -0.3 is 0 Å². The molecule has 1 aromatic carbocycles. The number of benzene rings is 1. The van der Waals surface area contributed by atoms with Gasteiger partial charge in [0.15, 0.2) is 5.78 Å². The summed E-state index contributed by atoms with van der Waals surface area (Å²) in [7, 11) is -3.99. The fraction of sp³-hybridized carbons (Fsp3) is 0.286. The lowest BCUT2D eigenvalue weighted by Crippen LogP contribution is -2.55. The van der Waals surface area contributed by atoms with E-state index in [4.69, 9.17) is 34.8 Å². The topological polar surface area (TPSA) is 63.6 Å². The predicted octanol–water partition coefficient (Wildman–Crippen LogP) is 3.52. The van der Waals surface area contributed by atoms with Crippen LogP contribution in [-0.2, 0) is 14.8 Å². The highest BCUT2D eigenvalue weighted by Crippen LogP contribution is 2.43. The Morgan fingerprint density at radius 2 is 1.59 bits per heavy atom. The standard InChI is InChI=1S/C14H12Cl3NO3S/c1-13(16)11(8-10(15)12(19)14(13,2)17)18-22(20,21)9-6-4-3-5-7-9/h3-8H,1-2H3/t13-,14+/m1/s1. The van der Waals surface area contributed by atoms with Gasteiger partial charge in [-0.1, -0.05) is 29.8 Å². The summed E-state index contributed by atoms with van der Waals surface area (Å²) in [5.74, 6) is -0.579. The van der Waals surface area contributed by atoms with Crippen LogP contribution < -0.4 is 0 Å². The molecule has 1 aliphatic rings. The Balaban J connectivity index is 2.63. The van der Waals surface area contributed by atoms with E-state index in [9.17, 15) is 13.2 Å². The SMILES string of the molecule is C[C@]1(Cl)C(=O)C(Cl)=CC(=NS(=O)(=O)c2ccccc2)[C@@]1(C)Cl. The number of ketones is 1. The van der Waals surface area contributed by atoms with Gasteiger partial charge in [-0.2, -0.15) is 12.8 Å². The first-order chi connectivity index (χ1) is 10.00. The number of carbonyl (C=O) groups excluding carboxylic acids is 1. The second kappa shape index (κ2) is 5.64. The Bertz CT molecular complexity index is 781. The third kappa shape index (κ3) is 2.83. The third-order valence-electron chi connectivity index (χ3n) is 3.53. The average molecular weight is 381 g/mol. The smallest absolute Gasteiger partial charge is 0.282 e. The van der Waals surface area contributed by atoms with Crippen molar-refractivity contribution in [2.45, 2.75) is 28.5 Å². The summed E-state index contributed by atoms with van der Waals surface area (Å²) >= 11 is 18.4. The lowest BCUT2D eigenvalue weighted by molar-refractivity contribution is -0.117. The quantitative estimate of drug-likeness (QED) is 0.737. The second-order valence-electron chi connectivity index (χ2n) is 5.09. The number of alkyl halides is 2. The van der Waals surface area contributed by atoms with Gasteiger partial charge in [0.2, 0.25) is 0 Å². The van der Waals surface area contributed by atoms with Crippen LogP contribution in [0.15, 0.2) is 50.7 Å². The normalized spacial score (nSPS) is 31.2. The molecule has 2 rings (SSSR count). The molecule has 0 heterocycles. The summed E-state index contributed by atoms with van der Waals surface area (Å²) in [4.78, 5) is 8.90. The summed E-state index contributed by atoms with van der Waals surface area (Å²) < 4.78 is 28.4. The van der Waals surface area contributed by atoms with Crippen LogP contribution in [0.1, 0.15) is 13.8 Å². The molecule has 0 spiro atoms. The van der Waals surface area contributed by atoms with E-state index in [1.165, 1.54) is 26.0 Å². The number of rotatable bonds is 2. The van der Waals surface area contributed by atoms with Gasteiger partial charge in [0, 0.05) is 0 Å². The molecule has 0 radical (unpaired) electrons. The molecular weight excluding hydrogens is 369 g/mol. The van der Waals surface area contributed by atoms with Crippen LogP contribution in [0.5, 0.6) is 0 Å². The summed E-state index contributed by atoms with van der Waals surface area (Å²) in [5.41, 5.74) is -0.0832. The van der Waals surface area contributed by atoms with Gasteiger partial charge >= 0.3 is 0 Å². The lowest BCUT2D eigenvalue weighted by Gasteiger charge is -2.38. The molecule has 2 atom stereocenters. The molecule has 0 saturated heterocycles. The summed E-state index contributed by atoms with van der Waals surface area (Å²) in [6, 6.07) is 7.65. The maximum Gasteiger partial charge on any atom is 0.282 e. The second-order valence-corrected chi connectivity index (χ2v) is 8.62. The van der Waals surface area contributed by atoms with E-state index in [1.54, 1.807) is 18.2 Å². The molecule has 4 nitrogen and oxygen atoms in total. The fourth-order valence-corrected chi connectivity index (χ4v) is 3.76. The van der Waals surface area contributed by atoms with Crippen LogP contribution in [0.2, 0.25) is 0 Å². The van der Waals surface area contributed by atoms with Crippen LogP contribution in [0.25, 0.3) is 0 Å². The van der Waals surface area contributed by atoms with E-state index in [0.717, 1.165) is 6.08 Å². The van der Waals surface area contributed by atoms with E-state index in [1.807, 2.05) is 0 Å². The predicted molar refractivity (Wildman–Crippen MR) is 88.5 cm³/mol. The maximum absolute atomic E-state index is 12.3. The van der Waals surface area contributed by atoms with E-state index >= 15 is 0 Å². The lowest BCUT2D eigenvalue weighted by atomic mass is 9.81. The van der Waals surface area contributed by atoms with Crippen LogP contribution in [0.4, 0.5) is 0 Å². The van der Waals surface area contributed by atoms with Gasteiger partial charge in [-0.25, -0.2) is 0 Å². The highest BCUT2D eigenvalue weighted by Gasteiger charge is 2.54. The molecule has 8 heteroatoms. The Morgan fingerprint density at radius 1 is 1.05 bits per heavy atom. The van der Waals surface area contributed by atoms with Crippen molar-refractivity contribution in [3.05, 3.63) is 41.4 Å². The Morgan fingerprint density at radius 3 is 2.14 bits per heavy atom. The van der Waals surface area contributed by atoms with Crippen molar-refractivity contribution >= 4 is 56.3 Å². The molecule has 0 bridgehead atoms. The molecule has 0 amide bonds. The van der Waals surface area contributed by atoms with Crippen molar-refractivity contribution < 1.29 is 13.2 Å². The van der Waals surface area contributed by atoms with Crippen molar-refractivity contribution in [3.63, 3.8) is 0 Å². The van der Waals surface area contributed by atoms with E-state index < -0.39 is 25.6 Å². The highest BCUT2D eigenvalue weighted by atomic mass is 35.5. The molecular formula is C14H12Cl3NO3S. The summed E-state index contributed by atoms with van der Waals surface area (Å²) in [5, 5.41) is -0.211. The Hall–Kier alpha value is -0.880. The first-order valence-corrected chi connectivity index (χ1v) is 8.78. The van der Waals surface area contributed by atoms with E-state index in [-0.39, 0.29) is 15.6 Å². The van der Waals surface area contributed by atoms with E-state index in [2.05, 4.69) is 4.40 Å². The van der Waals surface area contributed by atoms with Gasteiger partial charge in [0.1, 0.15) is 9.75 Å². The van der Waals surface area contributed by atoms with Crippen molar-refractivity contribution in [1.82, 2.24) is 0 Å². The number of halogens is 3. The number of hydrogen-bond donors (Lipinski definition) is 0. The van der Waals surface area contributed by atoms with Gasteiger partial charge in [0.25, 0.3) is 10.0 Å². The number of nitrogens with zero attached hydrogens (tertiary/aromatic N) is 1. The maximum atomic E-state index is 12.3. The van der Waals surface area contributed by atoms with E-state index in [0.29, 0.717) is 0 Å². The molecule has 0 fully saturated rings. The number of carbonyl (C=O) groups is 1. The van der Waals surface area contributed by atoms with Gasteiger partial charge in [-0.05, 0) is 32.1 Å². The zero-order valence-electron chi connectivity index (χ0n) is 11.7. The summed E-state index contributed by atoms with van der Waals surface area (Å²) in [6.07, 6.45) is 1.14. The minimum atomic E-state index is -3.99. The van der Waals surface area contributed by atoms with Gasteiger partial charge in [0.05, 0.1) is 15.6 Å². The fourth-order valence-electron chi connectivity index (χ4n) is 1.89. The first-order valence-electron chi connectivity index (χ1n) is 6.20. The Kier molecular flexibility index (Phi) is 4.48. The van der Waals surface area contributed by atoms with Crippen LogP contribution in [0.3, 0.4) is 0 Å². The number of allylic oxidation sites excluding steroid dienone is 2. The minimum absolute atomic E-state index is 0.00710. The van der Waals surface area contributed by atoms with Crippen molar-refractivity contribution in [2.24, 2.45) is 4.40 Å². The summed E-state index contributed by atoms with van der Waals surface area (Å²) in [6.45, 7) is 2.81. The average Bonchev–Trinajstić information content (AvgIpc) is 2.44. The van der Waals surface area contributed by atoms with Gasteiger partial charge in [-0.15, -0.1) is 23.2 Å². The van der Waals surface area contributed by atoms with Crippen molar-refractivity contribution in [3.8, 4) is 0 Å². The minimum Gasteiger partial charge on any atom is -0.291 e. The van der Waals surface area contributed by atoms with Crippen LogP contribution >= 0.6 is 34.8 Å². The first kappa shape index (κ1) is 17.5. The van der Waals surface area contributed by atoms with Crippen molar-refractivity contribution in [2.75, 3.05) is 0 Å². The van der Waals surface area contributed by atoms with Gasteiger partial charge in [-0.3, -0.25) is 4.79 Å². The monoisotopic (exact) mass is 379 g/mol. The number of hydrogen-bond acceptors (Lipinski definition) is 3. The molecule has 0 aromatic heterocycles.